The largest absolute Gasteiger partial charge is 0.288 e. The Balaban J connectivity index is 1.72. The molecule has 0 saturated carbocycles. The molecule has 0 aromatic heterocycles. The summed E-state index contributed by atoms with van der Waals surface area (Å²) in [5.74, 6) is -0.0978. The first-order valence-corrected chi connectivity index (χ1v) is 10.9. The predicted octanol–water partition coefficient (Wildman–Crippen LogP) is 5.16. The first-order chi connectivity index (χ1) is 13.6. The van der Waals surface area contributed by atoms with E-state index in [0.717, 1.165) is 18.4 Å². The summed E-state index contributed by atoms with van der Waals surface area (Å²) in [6.45, 7) is 1.53. The zero-order valence-electron chi connectivity index (χ0n) is 17.5. The summed E-state index contributed by atoms with van der Waals surface area (Å²) < 4.78 is 0.301. The molecule has 4 rings (SSSR count). The molecule has 29 heavy (non-hydrogen) atoms. The molecule has 0 unspecified atom stereocenters. The summed E-state index contributed by atoms with van der Waals surface area (Å²) in [4.78, 5) is 12.2. The molecule has 0 atom stereocenters. The maximum absolute atomic E-state index is 12.2. The third kappa shape index (κ3) is 3.86. The van der Waals surface area contributed by atoms with Crippen LogP contribution in [0.2, 0.25) is 10.0 Å². The van der Waals surface area contributed by atoms with Crippen molar-refractivity contribution in [3.8, 4) is 0 Å². The minimum Gasteiger partial charge on any atom is -0.268 e. The number of carbonyl (C=O) groups is 1. The molecule has 2 aliphatic rings. The lowest BCUT2D eigenvalue weighted by Crippen LogP contribution is -2.56. The van der Waals surface area contributed by atoms with Crippen LogP contribution in [0.3, 0.4) is 0 Å². The van der Waals surface area contributed by atoms with Gasteiger partial charge < -0.3 is 0 Å². The van der Waals surface area contributed by atoms with E-state index in [1.165, 1.54) is 65.5 Å². The zero-order valence-corrected chi connectivity index (χ0v) is 19.0. The number of benzene rings is 2. The van der Waals surface area contributed by atoms with Crippen LogP contribution in [-0.2, 0) is 30.5 Å². The number of anilines is 1. The van der Waals surface area contributed by atoms with Gasteiger partial charge in [0, 0.05) is 6.92 Å². The van der Waals surface area contributed by atoms with Gasteiger partial charge in [-0.2, -0.15) is 0 Å². The van der Waals surface area contributed by atoms with Crippen molar-refractivity contribution in [3.05, 3.63) is 61.6 Å². The summed E-state index contributed by atoms with van der Waals surface area (Å²) in [5, 5.41) is 2.59. The molecule has 0 fully saturated rings. The van der Waals surface area contributed by atoms with Gasteiger partial charge >= 0.3 is 0 Å². The van der Waals surface area contributed by atoms with Gasteiger partial charge in [-0.25, -0.2) is 4.59 Å². The fourth-order valence-electron chi connectivity index (χ4n) is 4.52. The molecule has 0 spiro atoms. The molecule has 0 bridgehead atoms. The molecular formula is C23H28Cl2N3O+. The first kappa shape index (κ1) is 20.5. The molecule has 0 aliphatic heterocycles. The molecule has 154 valence electrons. The summed E-state index contributed by atoms with van der Waals surface area (Å²) in [7, 11) is 5.76. The van der Waals surface area contributed by atoms with Gasteiger partial charge in [-0.1, -0.05) is 40.5 Å². The molecule has 0 heterocycles. The standard InChI is InChI=1S/C23H28Cl2N3O/c1-14(29)27(28(2,3)4)26-21-13-19-11-17-9-15-7-5-6-8-16(15)10-18(17)12-20(19)22(24)23(21)25/h9-10,13,26H,5-8,11-12H2,1-4H3/q+1. The number of hydrogen-bond acceptors (Lipinski definition) is 2. The summed E-state index contributed by atoms with van der Waals surface area (Å²) in [6, 6.07) is 6.84. The quantitative estimate of drug-likeness (QED) is 0.457. The van der Waals surface area contributed by atoms with Crippen LogP contribution in [0.1, 0.15) is 53.1 Å². The third-order valence-corrected chi connectivity index (χ3v) is 6.84. The molecule has 0 radical (unpaired) electrons. The van der Waals surface area contributed by atoms with Gasteiger partial charge in [0.1, 0.15) is 0 Å². The molecular weight excluding hydrogens is 405 g/mol. The highest BCUT2D eigenvalue weighted by Gasteiger charge is 2.28. The van der Waals surface area contributed by atoms with Crippen LogP contribution in [0.4, 0.5) is 5.69 Å². The van der Waals surface area contributed by atoms with E-state index in [4.69, 9.17) is 23.2 Å². The van der Waals surface area contributed by atoms with Crippen LogP contribution in [0.15, 0.2) is 18.2 Å². The number of aryl methyl sites for hydroxylation is 2. The lowest BCUT2D eigenvalue weighted by molar-refractivity contribution is -0.970. The second-order valence-corrected chi connectivity index (χ2v) is 9.78. The minimum atomic E-state index is -0.0978. The number of halogens is 2. The second kappa shape index (κ2) is 7.50. The highest BCUT2D eigenvalue weighted by atomic mass is 35.5. The lowest BCUT2D eigenvalue weighted by Gasteiger charge is -2.36. The number of hydrogen-bond donors (Lipinski definition) is 1. The lowest BCUT2D eigenvalue weighted by atomic mass is 9.81. The fraction of sp³-hybridized carbons (Fsp3) is 0.435. The fourth-order valence-corrected chi connectivity index (χ4v) is 5.03. The van der Waals surface area contributed by atoms with Crippen LogP contribution in [0.25, 0.3) is 0 Å². The molecule has 4 nitrogen and oxygen atoms in total. The van der Waals surface area contributed by atoms with Crippen LogP contribution in [-0.4, -0.2) is 36.8 Å². The third-order valence-electron chi connectivity index (χ3n) is 5.94. The van der Waals surface area contributed by atoms with Crippen molar-refractivity contribution < 1.29 is 9.39 Å². The van der Waals surface area contributed by atoms with Crippen LogP contribution >= 0.6 is 23.2 Å². The Morgan fingerprint density at radius 3 is 2.03 bits per heavy atom. The van der Waals surface area contributed by atoms with Gasteiger partial charge in [-0.15, -0.1) is 0 Å². The number of nitrogens with one attached hydrogen (secondary N) is 1. The Bertz CT molecular complexity index is 995. The maximum atomic E-state index is 12.2. The molecule has 2 aromatic carbocycles. The van der Waals surface area contributed by atoms with Crippen molar-refractivity contribution in [1.29, 1.82) is 0 Å². The average molecular weight is 433 g/mol. The van der Waals surface area contributed by atoms with E-state index < -0.39 is 0 Å². The number of amides is 1. The van der Waals surface area contributed by atoms with Crippen molar-refractivity contribution in [1.82, 2.24) is 5.12 Å². The summed E-state index contributed by atoms with van der Waals surface area (Å²) in [5.41, 5.74) is 11.9. The predicted molar refractivity (Wildman–Crippen MR) is 119 cm³/mol. The van der Waals surface area contributed by atoms with Gasteiger partial charge in [-0.05, 0) is 78.0 Å². The summed E-state index contributed by atoms with van der Waals surface area (Å²) >= 11 is 13.4. The van der Waals surface area contributed by atoms with Gasteiger partial charge in [0.15, 0.2) is 0 Å². The monoisotopic (exact) mass is 432 g/mol. The minimum absolute atomic E-state index is 0.0978. The molecule has 2 aliphatic carbocycles. The highest BCUT2D eigenvalue weighted by molar-refractivity contribution is 6.44. The van der Waals surface area contributed by atoms with Gasteiger partial charge in [0.05, 0.1) is 36.9 Å². The van der Waals surface area contributed by atoms with E-state index in [9.17, 15) is 4.79 Å². The zero-order chi connectivity index (χ0) is 20.9. The van der Waals surface area contributed by atoms with E-state index in [1.54, 1.807) is 0 Å². The van der Waals surface area contributed by atoms with Gasteiger partial charge in [0.2, 0.25) is 0 Å². The van der Waals surface area contributed by atoms with Crippen LogP contribution < -0.4 is 5.43 Å². The molecule has 6 heteroatoms. The van der Waals surface area contributed by atoms with Crippen molar-refractivity contribution in [2.75, 3.05) is 26.6 Å². The number of fused-ring (bicyclic) bond motifs is 3. The van der Waals surface area contributed by atoms with E-state index in [-0.39, 0.29) is 5.91 Å². The molecule has 1 N–H and O–H groups in total. The Kier molecular flexibility index (Phi) is 5.30. The number of carbonyl (C=O) groups excluding carboxylic acids is 1. The maximum Gasteiger partial charge on any atom is 0.288 e. The topological polar surface area (TPSA) is 32.3 Å². The Morgan fingerprint density at radius 1 is 0.897 bits per heavy atom. The van der Waals surface area contributed by atoms with Crippen molar-refractivity contribution in [2.24, 2.45) is 0 Å². The SMILES string of the molecule is CC(=O)N(Nc1cc2c(c(Cl)c1Cl)Cc1cc3c(cc1C2)CCCC3)[N+](C)(C)C. The Hall–Kier alpha value is -1.75. The van der Waals surface area contributed by atoms with E-state index in [2.05, 4.69) is 23.6 Å². The highest BCUT2D eigenvalue weighted by Crippen LogP contribution is 2.41. The Labute approximate surface area is 182 Å². The smallest absolute Gasteiger partial charge is 0.268 e. The Morgan fingerprint density at radius 2 is 1.48 bits per heavy atom. The summed E-state index contributed by atoms with van der Waals surface area (Å²) in [6.07, 6.45) is 6.57. The molecule has 2 aromatic rings. The number of nitrogens with zero attached hydrogens (tertiary/aromatic N) is 2. The number of hydrazine groups is 1. The van der Waals surface area contributed by atoms with Crippen molar-refractivity contribution >= 4 is 34.8 Å². The van der Waals surface area contributed by atoms with Crippen molar-refractivity contribution in [2.45, 2.75) is 45.4 Å². The molecule has 1 amide bonds. The van der Waals surface area contributed by atoms with E-state index >= 15 is 0 Å². The van der Waals surface area contributed by atoms with Crippen molar-refractivity contribution in [3.63, 3.8) is 0 Å². The van der Waals surface area contributed by atoms with Gasteiger partial charge in [-0.3, -0.25) is 10.2 Å². The number of quaternary nitrogens is 1. The average Bonchev–Trinajstić information content (AvgIpc) is 2.65. The normalized spacial score (nSPS) is 15.2. The second-order valence-electron chi connectivity index (χ2n) is 9.02. The first-order valence-electron chi connectivity index (χ1n) is 10.2. The van der Waals surface area contributed by atoms with E-state index in [1.807, 2.05) is 21.1 Å². The molecule has 0 saturated heterocycles. The number of rotatable bonds is 3. The van der Waals surface area contributed by atoms with E-state index in [0.29, 0.717) is 20.3 Å². The van der Waals surface area contributed by atoms with Crippen LogP contribution in [0, 0.1) is 0 Å². The van der Waals surface area contributed by atoms with Gasteiger partial charge in [0.25, 0.3) is 5.91 Å². The van der Waals surface area contributed by atoms with Crippen LogP contribution in [0.5, 0.6) is 0 Å².